The Hall–Kier alpha value is -1.87. The fourth-order valence-electron chi connectivity index (χ4n) is 2.06. The van der Waals surface area contributed by atoms with Crippen LogP contribution in [-0.2, 0) is 0 Å². The van der Waals surface area contributed by atoms with Gasteiger partial charge in [0.2, 0.25) is 0 Å². The van der Waals surface area contributed by atoms with Crippen LogP contribution in [0.2, 0.25) is 0 Å². The average molecular weight is 256 g/mol. The van der Waals surface area contributed by atoms with Gasteiger partial charge in [0.05, 0.1) is 6.61 Å². The summed E-state index contributed by atoms with van der Waals surface area (Å²) in [6.07, 6.45) is 4.56. The monoisotopic (exact) mass is 256 g/mol. The van der Waals surface area contributed by atoms with Crippen LogP contribution in [0.3, 0.4) is 0 Å². The molecule has 0 saturated carbocycles. The van der Waals surface area contributed by atoms with Crippen molar-refractivity contribution in [3.8, 4) is 5.75 Å². The molecule has 0 aliphatic rings. The molecule has 0 fully saturated rings. The third-order valence-corrected chi connectivity index (χ3v) is 3.16. The molecular formula is C16H20N2O. The van der Waals surface area contributed by atoms with Crippen molar-refractivity contribution in [1.29, 1.82) is 0 Å². The summed E-state index contributed by atoms with van der Waals surface area (Å²) in [5, 5.41) is 0. The maximum atomic E-state index is 5.83. The molecule has 3 nitrogen and oxygen atoms in total. The molecule has 0 aliphatic carbocycles. The first-order valence-corrected chi connectivity index (χ1v) is 6.59. The molecule has 1 unspecified atom stereocenters. The van der Waals surface area contributed by atoms with Gasteiger partial charge in [-0.05, 0) is 49.2 Å². The SMILES string of the molecule is Cc1cccc(OCCC(CN)c2cccnc2)c1. The smallest absolute Gasteiger partial charge is 0.119 e. The molecule has 2 N–H and O–H groups in total. The number of benzene rings is 1. The van der Waals surface area contributed by atoms with E-state index in [0.717, 1.165) is 12.2 Å². The molecule has 0 saturated heterocycles. The highest BCUT2D eigenvalue weighted by atomic mass is 16.5. The molecule has 3 heteroatoms. The van der Waals surface area contributed by atoms with E-state index in [-0.39, 0.29) is 0 Å². The number of nitrogens with two attached hydrogens (primary N) is 1. The highest BCUT2D eigenvalue weighted by molar-refractivity contribution is 5.27. The summed E-state index contributed by atoms with van der Waals surface area (Å²) in [5.74, 6) is 1.22. The highest BCUT2D eigenvalue weighted by Crippen LogP contribution is 2.19. The lowest BCUT2D eigenvalue weighted by Crippen LogP contribution is -2.15. The van der Waals surface area contributed by atoms with Gasteiger partial charge in [-0.15, -0.1) is 0 Å². The molecular weight excluding hydrogens is 236 g/mol. The molecule has 0 amide bonds. The van der Waals surface area contributed by atoms with Crippen molar-refractivity contribution in [2.24, 2.45) is 5.73 Å². The van der Waals surface area contributed by atoms with Gasteiger partial charge in [-0.3, -0.25) is 4.98 Å². The molecule has 19 heavy (non-hydrogen) atoms. The predicted octanol–water partition coefficient (Wildman–Crippen LogP) is 2.90. The summed E-state index contributed by atoms with van der Waals surface area (Å²) in [5.41, 5.74) is 8.21. The van der Waals surface area contributed by atoms with Gasteiger partial charge in [-0.2, -0.15) is 0 Å². The zero-order valence-electron chi connectivity index (χ0n) is 11.3. The third-order valence-electron chi connectivity index (χ3n) is 3.16. The number of aryl methyl sites for hydroxylation is 1. The first-order chi connectivity index (χ1) is 9.29. The van der Waals surface area contributed by atoms with Crippen LogP contribution in [0.4, 0.5) is 0 Å². The maximum absolute atomic E-state index is 5.83. The van der Waals surface area contributed by atoms with E-state index in [1.807, 2.05) is 30.5 Å². The van der Waals surface area contributed by atoms with Crippen molar-refractivity contribution < 1.29 is 4.74 Å². The Balaban J connectivity index is 1.87. The van der Waals surface area contributed by atoms with E-state index in [9.17, 15) is 0 Å². The minimum Gasteiger partial charge on any atom is -0.494 e. The second-order valence-electron chi connectivity index (χ2n) is 4.67. The number of hydrogen-bond acceptors (Lipinski definition) is 3. The van der Waals surface area contributed by atoms with E-state index >= 15 is 0 Å². The number of rotatable bonds is 6. The van der Waals surface area contributed by atoms with Gasteiger partial charge in [0.25, 0.3) is 0 Å². The number of aromatic nitrogens is 1. The number of ether oxygens (including phenoxy) is 1. The lowest BCUT2D eigenvalue weighted by atomic mass is 9.98. The molecule has 0 bridgehead atoms. The van der Waals surface area contributed by atoms with Gasteiger partial charge in [0.15, 0.2) is 0 Å². The molecule has 1 atom stereocenters. The predicted molar refractivity (Wildman–Crippen MR) is 77.3 cm³/mol. The van der Waals surface area contributed by atoms with Crippen LogP contribution in [0.15, 0.2) is 48.8 Å². The first-order valence-electron chi connectivity index (χ1n) is 6.59. The Kier molecular flexibility index (Phi) is 4.93. The van der Waals surface area contributed by atoms with Gasteiger partial charge in [-0.25, -0.2) is 0 Å². The van der Waals surface area contributed by atoms with Gasteiger partial charge < -0.3 is 10.5 Å². The van der Waals surface area contributed by atoms with Crippen molar-refractivity contribution in [3.63, 3.8) is 0 Å². The zero-order valence-corrected chi connectivity index (χ0v) is 11.3. The van der Waals surface area contributed by atoms with Crippen LogP contribution in [-0.4, -0.2) is 18.1 Å². The van der Waals surface area contributed by atoms with Crippen LogP contribution < -0.4 is 10.5 Å². The van der Waals surface area contributed by atoms with Crippen LogP contribution >= 0.6 is 0 Å². The van der Waals surface area contributed by atoms with Gasteiger partial charge >= 0.3 is 0 Å². The van der Waals surface area contributed by atoms with Crippen molar-refractivity contribution in [3.05, 3.63) is 59.9 Å². The lowest BCUT2D eigenvalue weighted by molar-refractivity contribution is 0.298. The molecule has 1 heterocycles. The quantitative estimate of drug-likeness (QED) is 0.864. The topological polar surface area (TPSA) is 48.1 Å². The third kappa shape index (κ3) is 4.07. The molecule has 0 radical (unpaired) electrons. The molecule has 100 valence electrons. The van der Waals surface area contributed by atoms with Gasteiger partial charge in [0.1, 0.15) is 5.75 Å². The van der Waals surface area contributed by atoms with E-state index in [2.05, 4.69) is 24.0 Å². The summed E-state index contributed by atoms with van der Waals surface area (Å²) < 4.78 is 5.76. The highest BCUT2D eigenvalue weighted by Gasteiger charge is 2.09. The van der Waals surface area contributed by atoms with Crippen LogP contribution in [0, 0.1) is 6.92 Å². The number of hydrogen-bond donors (Lipinski definition) is 1. The van der Waals surface area contributed by atoms with E-state index in [0.29, 0.717) is 19.1 Å². The summed E-state index contributed by atoms with van der Waals surface area (Å²) in [7, 11) is 0. The largest absolute Gasteiger partial charge is 0.494 e. The minimum absolute atomic E-state index is 0.304. The standard InChI is InChI=1S/C16H20N2O/c1-13-4-2-6-16(10-13)19-9-7-14(11-17)15-5-3-8-18-12-15/h2-6,8,10,12,14H,7,9,11,17H2,1H3. The van der Waals surface area contributed by atoms with Crippen LogP contribution in [0.1, 0.15) is 23.5 Å². The summed E-state index contributed by atoms with van der Waals surface area (Å²) in [6, 6.07) is 12.1. The zero-order chi connectivity index (χ0) is 13.5. The molecule has 1 aromatic carbocycles. The molecule has 2 rings (SSSR count). The second-order valence-corrected chi connectivity index (χ2v) is 4.67. The van der Waals surface area contributed by atoms with Crippen LogP contribution in [0.25, 0.3) is 0 Å². The van der Waals surface area contributed by atoms with Gasteiger partial charge in [-0.1, -0.05) is 18.2 Å². The average Bonchev–Trinajstić information content (AvgIpc) is 2.45. The molecule has 1 aromatic heterocycles. The number of nitrogens with zero attached hydrogens (tertiary/aromatic N) is 1. The Morgan fingerprint density at radius 2 is 2.16 bits per heavy atom. The van der Waals surface area contributed by atoms with Crippen LogP contribution in [0.5, 0.6) is 5.75 Å². The lowest BCUT2D eigenvalue weighted by Gasteiger charge is -2.15. The van der Waals surface area contributed by atoms with E-state index in [4.69, 9.17) is 10.5 Å². The second kappa shape index (κ2) is 6.90. The fraction of sp³-hybridized carbons (Fsp3) is 0.312. The van der Waals surface area contributed by atoms with E-state index in [1.54, 1.807) is 6.20 Å². The Labute approximate surface area is 114 Å². The van der Waals surface area contributed by atoms with Gasteiger partial charge in [0, 0.05) is 18.3 Å². The number of pyridine rings is 1. The minimum atomic E-state index is 0.304. The first kappa shape index (κ1) is 13.6. The molecule has 2 aromatic rings. The summed E-state index contributed by atoms with van der Waals surface area (Å²) in [6.45, 7) is 3.34. The summed E-state index contributed by atoms with van der Waals surface area (Å²) in [4.78, 5) is 4.13. The van der Waals surface area contributed by atoms with Crippen molar-refractivity contribution in [1.82, 2.24) is 4.98 Å². The van der Waals surface area contributed by atoms with Crippen molar-refractivity contribution in [2.45, 2.75) is 19.3 Å². The molecule has 0 aliphatic heterocycles. The van der Waals surface area contributed by atoms with Crippen molar-refractivity contribution >= 4 is 0 Å². The van der Waals surface area contributed by atoms with E-state index in [1.165, 1.54) is 11.1 Å². The van der Waals surface area contributed by atoms with Crippen molar-refractivity contribution in [2.75, 3.05) is 13.2 Å². The Bertz CT molecular complexity index is 499. The normalized spacial score (nSPS) is 12.1. The maximum Gasteiger partial charge on any atom is 0.119 e. The van der Waals surface area contributed by atoms with E-state index < -0.39 is 0 Å². The fourth-order valence-corrected chi connectivity index (χ4v) is 2.06. The molecule has 0 spiro atoms. The Morgan fingerprint density at radius 1 is 1.26 bits per heavy atom. The summed E-state index contributed by atoms with van der Waals surface area (Å²) >= 11 is 0. The Morgan fingerprint density at radius 3 is 2.84 bits per heavy atom.